The van der Waals surface area contributed by atoms with Crippen molar-refractivity contribution in [2.75, 3.05) is 13.1 Å². The average Bonchev–Trinajstić information content (AvgIpc) is 2.39. The van der Waals surface area contributed by atoms with Crippen LogP contribution >= 0.6 is 0 Å². The molecular formula is C13H21N3O2S. The number of hydrogen-bond donors (Lipinski definition) is 2. The minimum absolute atomic E-state index is 0.00264. The maximum Gasteiger partial charge on any atom is 0.228 e. The van der Waals surface area contributed by atoms with E-state index in [1.165, 1.54) is 6.42 Å². The smallest absolute Gasteiger partial charge is 0.228 e. The van der Waals surface area contributed by atoms with Gasteiger partial charge < -0.3 is 5.73 Å². The molecule has 0 radical (unpaired) electrons. The fourth-order valence-electron chi connectivity index (χ4n) is 2.28. The summed E-state index contributed by atoms with van der Waals surface area (Å²) in [4.78, 5) is 2.66. The standard InChI is InChI=1S/C13H21N3O2S/c14-10-12-5-4-6-13(9-12)11-19(17,18)15-16-7-2-1-3-8-16/h4-6,9,15H,1-3,7-8,10-11,14H2. The number of sulfonamides is 1. The molecule has 2 rings (SSSR count). The summed E-state index contributed by atoms with van der Waals surface area (Å²) >= 11 is 0. The van der Waals surface area contributed by atoms with Gasteiger partial charge >= 0.3 is 0 Å². The summed E-state index contributed by atoms with van der Waals surface area (Å²) in [5.41, 5.74) is 7.28. The highest BCUT2D eigenvalue weighted by atomic mass is 32.2. The van der Waals surface area contributed by atoms with Crippen LogP contribution in [0.1, 0.15) is 30.4 Å². The number of nitrogens with one attached hydrogen (secondary N) is 1. The van der Waals surface area contributed by atoms with Gasteiger partial charge in [-0.3, -0.25) is 0 Å². The monoisotopic (exact) mass is 283 g/mol. The molecule has 0 aromatic heterocycles. The van der Waals surface area contributed by atoms with E-state index in [1.54, 1.807) is 5.01 Å². The predicted molar refractivity (Wildman–Crippen MR) is 75.5 cm³/mol. The van der Waals surface area contributed by atoms with E-state index >= 15 is 0 Å². The van der Waals surface area contributed by atoms with E-state index < -0.39 is 10.0 Å². The zero-order chi connectivity index (χ0) is 13.7. The average molecular weight is 283 g/mol. The van der Waals surface area contributed by atoms with E-state index in [1.807, 2.05) is 24.3 Å². The predicted octanol–water partition coefficient (Wildman–Crippen LogP) is 0.966. The number of rotatable bonds is 5. The van der Waals surface area contributed by atoms with Crippen LogP contribution in [0, 0.1) is 0 Å². The Kier molecular flexibility index (Phi) is 4.93. The van der Waals surface area contributed by atoms with E-state index in [0.29, 0.717) is 6.54 Å². The molecule has 1 aromatic carbocycles. The minimum Gasteiger partial charge on any atom is -0.326 e. The summed E-state index contributed by atoms with van der Waals surface area (Å²) in [6.07, 6.45) is 3.27. The van der Waals surface area contributed by atoms with E-state index in [-0.39, 0.29) is 5.75 Å². The van der Waals surface area contributed by atoms with Crippen LogP contribution < -0.4 is 10.6 Å². The fourth-order valence-corrected chi connectivity index (χ4v) is 3.54. The molecule has 1 aliphatic rings. The SMILES string of the molecule is NCc1cccc(CS(=O)(=O)NN2CCCCC2)c1. The van der Waals surface area contributed by atoms with Crippen molar-refractivity contribution in [2.24, 2.45) is 5.73 Å². The Balaban J connectivity index is 1.99. The molecule has 0 spiro atoms. The lowest BCUT2D eigenvalue weighted by atomic mass is 10.1. The zero-order valence-corrected chi connectivity index (χ0v) is 11.8. The van der Waals surface area contributed by atoms with Crippen molar-refractivity contribution in [1.29, 1.82) is 0 Å². The molecule has 106 valence electrons. The number of benzene rings is 1. The molecule has 0 saturated carbocycles. The molecule has 1 aliphatic heterocycles. The van der Waals surface area contributed by atoms with Crippen LogP contribution in [-0.4, -0.2) is 26.5 Å². The quantitative estimate of drug-likeness (QED) is 0.844. The van der Waals surface area contributed by atoms with Gasteiger partial charge in [0.1, 0.15) is 0 Å². The molecule has 0 amide bonds. The number of nitrogens with zero attached hydrogens (tertiary/aromatic N) is 1. The van der Waals surface area contributed by atoms with Gasteiger partial charge in [0, 0.05) is 19.6 Å². The topological polar surface area (TPSA) is 75.4 Å². The normalized spacial score (nSPS) is 17.5. The molecule has 5 nitrogen and oxygen atoms in total. The van der Waals surface area contributed by atoms with Gasteiger partial charge in [-0.15, -0.1) is 4.83 Å². The maximum absolute atomic E-state index is 12.1. The van der Waals surface area contributed by atoms with Crippen molar-refractivity contribution in [3.63, 3.8) is 0 Å². The van der Waals surface area contributed by atoms with Gasteiger partial charge in [-0.2, -0.15) is 0 Å². The third kappa shape index (κ3) is 4.58. The highest BCUT2D eigenvalue weighted by Crippen LogP contribution is 2.11. The van der Waals surface area contributed by atoms with Gasteiger partial charge in [0.15, 0.2) is 0 Å². The molecule has 19 heavy (non-hydrogen) atoms. The van der Waals surface area contributed by atoms with Crippen LogP contribution in [0.3, 0.4) is 0 Å². The summed E-state index contributed by atoms with van der Waals surface area (Å²) in [7, 11) is -3.32. The zero-order valence-electron chi connectivity index (χ0n) is 11.0. The molecule has 1 aromatic rings. The highest BCUT2D eigenvalue weighted by molar-refractivity contribution is 7.88. The minimum atomic E-state index is -3.32. The first-order chi connectivity index (χ1) is 9.09. The molecule has 6 heteroatoms. The summed E-state index contributed by atoms with van der Waals surface area (Å²) in [5.74, 6) is -0.00264. The second-order valence-corrected chi connectivity index (χ2v) is 6.62. The van der Waals surface area contributed by atoms with Gasteiger partial charge in [0.05, 0.1) is 5.75 Å². The van der Waals surface area contributed by atoms with Gasteiger partial charge in [-0.05, 0) is 24.0 Å². The largest absolute Gasteiger partial charge is 0.326 e. The molecule has 1 heterocycles. The van der Waals surface area contributed by atoms with Gasteiger partial charge in [-0.1, -0.05) is 30.7 Å². The molecule has 0 unspecified atom stereocenters. The number of hydrogen-bond acceptors (Lipinski definition) is 4. The number of hydrazine groups is 1. The lowest BCUT2D eigenvalue weighted by Crippen LogP contribution is -2.45. The molecule has 0 atom stereocenters. The first kappa shape index (κ1) is 14.5. The Labute approximate surface area is 114 Å². The van der Waals surface area contributed by atoms with E-state index in [4.69, 9.17) is 5.73 Å². The van der Waals surface area contributed by atoms with Crippen LogP contribution in [0.2, 0.25) is 0 Å². The Hall–Kier alpha value is -0.950. The Morgan fingerprint density at radius 1 is 1.16 bits per heavy atom. The number of nitrogens with two attached hydrogens (primary N) is 1. The molecule has 1 fully saturated rings. The second-order valence-electron chi connectivity index (χ2n) is 4.92. The molecule has 0 bridgehead atoms. The van der Waals surface area contributed by atoms with Crippen LogP contribution in [0.4, 0.5) is 0 Å². The third-order valence-electron chi connectivity index (χ3n) is 3.21. The Morgan fingerprint density at radius 3 is 2.53 bits per heavy atom. The van der Waals surface area contributed by atoms with Crippen molar-refractivity contribution in [1.82, 2.24) is 9.84 Å². The summed E-state index contributed by atoms with van der Waals surface area (Å²) in [6, 6.07) is 7.39. The van der Waals surface area contributed by atoms with Gasteiger partial charge in [0.25, 0.3) is 0 Å². The summed E-state index contributed by atoms with van der Waals surface area (Å²) < 4.78 is 24.2. The van der Waals surface area contributed by atoms with Gasteiger partial charge in [0.2, 0.25) is 10.0 Å². The lowest BCUT2D eigenvalue weighted by molar-refractivity contribution is 0.200. The van der Waals surface area contributed by atoms with Gasteiger partial charge in [-0.25, -0.2) is 13.4 Å². The van der Waals surface area contributed by atoms with Crippen molar-refractivity contribution in [3.05, 3.63) is 35.4 Å². The van der Waals surface area contributed by atoms with Crippen LogP contribution in [0.5, 0.6) is 0 Å². The van der Waals surface area contributed by atoms with E-state index in [2.05, 4.69) is 4.83 Å². The molecule has 0 aliphatic carbocycles. The van der Waals surface area contributed by atoms with Crippen LogP contribution in [0.25, 0.3) is 0 Å². The number of piperidine rings is 1. The Bertz CT molecular complexity index is 510. The third-order valence-corrected chi connectivity index (χ3v) is 4.46. The van der Waals surface area contributed by atoms with E-state index in [9.17, 15) is 8.42 Å². The molecule has 3 N–H and O–H groups in total. The Morgan fingerprint density at radius 2 is 1.84 bits per heavy atom. The van der Waals surface area contributed by atoms with Crippen molar-refractivity contribution < 1.29 is 8.42 Å². The lowest BCUT2D eigenvalue weighted by Gasteiger charge is -2.26. The summed E-state index contributed by atoms with van der Waals surface area (Å²) in [6.45, 7) is 2.01. The maximum atomic E-state index is 12.1. The first-order valence-electron chi connectivity index (χ1n) is 6.62. The fraction of sp³-hybridized carbons (Fsp3) is 0.538. The van der Waals surface area contributed by atoms with Crippen LogP contribution in [0.15, 0.2) is 24.3 Å². The summed E-state index contributed by atoms with van der Waals surface area (Å²) in [5, 5.41) is 1.80. The van der Waals surface area contributed by atoms with Crippen molar-refractivity contribution >= 4 is 10.0 Å². The van der Waals surface area contributed by atoms with Crippen LogP contribution in [-0.2, 0) is 22.3 Å². The molecule has 1 saturated heterocycles. The van der Waals surface area contributed by atoms with Crippen molar-refractivity contribution in [3.8, 4) is 0 Å². The highest BCUT2D eigenvalue weighted by Gasteiger charge is 2.18. The second kappa shape index (κ2) is 6.47. The van der Waals surface area contributed by atoms with E-state index in [0.717, 1.165) is 37.1 Å². The first-order valence-corrected chi connectivity index (χ1v) is 8.27. The molecular weight excluding hydrogens is 262 g/mol. The van der Waals surface area contributed by atoms with Crippen molar-refractivity contribution in [2.45, 2.75) is 31.6 Å².